The van der Waals surface area contributed by atoms with E-state index in [1.807, 2.05) is 18.3 Å². The van der Waals surface area contributed by atoms with Gasteiger partial charge in [0.05, 0.1) is 6.04 Å². The average Bonchev–Trinajstić information content (AvgIpc) is 2.83. The molecule has 0 saturated carbocycles. The Morgan fingerprint density at radius 1 is 0.667 bits per heavy atom. The van der Waals surface area contributed by atoms with Crippen molar-refractivity contribution >= 4 is 5.69 Å². The van der Waals surface area contributed by atoms with E-state index in [0.717, 1.165) is 11.4 Å². The molecule has 0 aliphatic carbocycles. The molecule has 1 N–H and O–H groups in total. The third-order valence-corrected chi connectivity index (χ3v) is 5.47. The molecule has 0 aliphatic heterocycles. The van der Waals surface area contributed by atoms with Gasteiger partial charge in [0.25, 0.3) is 0 Å². The summed E-state index contributed by atoms with van der Waals surface area (Å²) in [6.07, 6.45) is 3.93. The van der Waals surface area contributed by atoms with Crippen LogP contribution in [0, 0.1) is 0 Å². The lowest BCUT2D eigenvalue weighted by molar-refractivity contribution is 0.525. The quantitative estimate of drug-likeness (QED) is 0.328. The molecule has 3 atom stereocenters. The van der Waals surface area contributed by atoms with Crippen molar-refractivity contribution in [2.24, 2.45) is 0 Å². The lowest BCUT2D eigenvalue weighted by Crippen LogP contribution is -2.25. The number of hydrogen-bond donors (Lipinski definition) is 1. The Labute approximate surface area is 179 Å². The van der Waals surface area contributed by atoms with Gasteiger partial charge in [-0.1, -0.05) is 91.0 Å². The van der Waals surface area contributed by atoms with Crippen LogP contribution in [-0.2, 0) is 0 Å². The van der Waals surface area contributed by atoms with Crippen LogP contribution in [0.25, 0.3) is 0 Å². The van der Waals surface area contributed by atoms with Crippen LogP contribution in [-0.4, -0.2) is 4.98 Å². The molecule has 0 aliphatic rings. The van der Waals surface area contributed by atoms with Crippen LogP contribution in [0.5, 0.6) is 0 Å². The molecule has 0 fully saturated rings. The van der Waals surface area contributed by atoms with Gasteiger partial charge in [0.1, 0.15) is 0 Å². The predicted molar refractivity (Wildman–Crippen MR) is 126 cm³/mol. The zero-order valence-electron chi connectivity index (χ0n) is 16.9. The summed E-state index contributed by atoms with van der Waals surface area (Å²) < 4.78 is 0. The first-order valence-corrected chi connectivity index (χ1v) is 10.3. The van der Waals surface area contributed by atoms with E-state index in [-0.39, 0.29) is 17.9 Å². The fourth-order valence-electron chi connectivity index (χ4n) is 4.06. The minimum Gasteiger partial charge on any atom is -0.378 e. The molecule has 0 saturated heterocycles. The first-order valence-electron chi connectivity index (χ1n) is 10.3. The number of aromatic nitrogens is 1. The van der Waals surface area contributed by atoms with Gasteiger partial charge in [0.2, 0.25) is 0 Å². The second-order valence-corrected chi connectivity index (χ2v) is 7.35. The maximum Gasteiger partial charge on any atom is 0.0606 e. The van der Waals surface area contributed by atoms with Crippen LogP contribution in [0.15, 0.2) is 128 Å². The molecule has 0 spiro atoms. The van der Waals surface area contributed by atoms with Crippen LogP contribution in [0.3, 0.4) is 0 Å². The van der Waals surface area contributed by atoms with E-state index in [2.05, 4.69) is 115 Å². The van der Waals surface area contributed by atoms with Crippen molar-refractivity contribution < 1.29 is 0 Å². The Kier molecular flexibility index (Phi) is 6.36. The maximum atomic E-state index is 4.77. The van der Waals surface area contributed by atoms with Gasteiger partial charge in [-0.25, -0.2) is 0 Å². The van der Waals surface area contributed by atoms with Crippen molar-refractivity contribution in [1.82, 2.24) is 4.98 Å². The molecule has 2 heteroatoms. The van der Waals surface area contributed by atoms with Gasteiger partial charge in [0, 0.05) is 29.4 Å². The molecule has 30 heavy (non-hydrogen) atoms. The van der Waals surface area contributed by atoms with Crippen LogP contribution in [0.4, 0.5) is 5.69 Å². The van der Waals surface area contributed by atoms with E-state index in [9.17, 15) is 0 Å². The smallest absolute Gasteiger partial charge is 0.0606 e. The number of hydrogen-bond acceptors (Lipinski definition) is 2. The predicted octanol–water partition coefficient (Wildman–Crippen LogP) is 6.99. The van der Waals surface area contributed by atoms with Gasteiger partial charge >= 0.3 is 0 Å². The molecule has 3 aromatic carbocycles. The Morgan fingerprint density at radius 2 is 1.23 bits per heavy atom. The zero-order chi connectivity index (χ0) is 20.6. The summed E-state index contributed by atoms with van der Waals surface area (Å²) in [5.74, 6) is 0.163. The lowest BCUT2D eigenvalue weighted by Gasteiger charge is -2.34. The van der Waals surface area contributed by atoms with Crippen LogP contribution in [0.2, 0.25) is 0 Å². The molecule has 2 nitrogen and oxygen atoms in total. The normalized spacial score (nSPS) is 13.7. The van der Waals surface area contributed by atoms with Crippen LogP contribution >= 0.6 is 0 Å². The number of nitrogens with one attached hydrogen (secondary N) is 1. The summed E-state index contributed by atoms with van der Waals surface area (Å²) in [4.78, 5) is 4.77. The SMILES string of the molecule is C=CC(c1ccccc1)C(c1ccccn1)C(Nc1ccccc1)c1ccccc1. The minimum absolute atomic E-state index is 0.0201. The molecule has 0 radical (unpaired) electrons. The van der Waals surface area contributed by atoms with Crippen molar-refractivity contribution in [3.05, 3.63) is 145 Å². The fraction of sp³-hybridized carbons (Fsp3) is 0.107. The lowest BCUT2D eigenvalue weighted by atomic mass is 9.76. The van der Waals surface area contributed by atoms with Gasteiger partial charge < -0.3 is 5.32 Å². The third-order valence-electron chi connectivity index (χ3n) is 5.47. The van der Waals surface area contributed by atoms with E-state index < -0.39 is 0 Å². The second kappa shape index (κ2) is 9.71. The number of pyridine rings is 1. The largest absolute Gasteiger partial charge is 0.378 e. The monoisotopic (exact) mass is 390 g/mol. The molecule has 0 amide bonds. The average molecular weight is 391 g/mol. The zero-order valence-corrected chi connectivity index (χ0v) is 16.9. The molecular weight excluding hydrogens is 364 g/mol. The van der Waals surface area contributed by atoms with Gasteiger partial charge in [0.15, 0.2) is 0 Å². The summed E-state index contributed by atoms with van der Waals surface area (Å²) in [6, 6.07) is 37.7. The van der Waals surface area contributed by atoms with Crippen molar-refractivity contribution in [3.63, 3.8) is 0 Å². The van der Waals surface area contributed by atoms with Crippen LogP contribution in [0.1, 0.15) is 34.7 Å². The highest BCUT2D eigenvalue weighted by atomic mass is 14.9. The van der Waals surface area contributed by atoms with E-state index in [1.165, 1.54) is 11.1 Å². The topological polar surface area (TPSA) is 24.9 Å². The number of rotatable bonds is 8. The summed E-state index contributed by atoms with van der Waals surface area (Å²) in [5.41, 5.74) is 4.59. The molecule has 4 aromatic rings. The molecular formula is C28H26N2. The van der Waals surface area contributed by atoms with Gasteiger partial charge in [-0.05, 0) is 35.4 Å². The Hall–Kier alpha value is -3.65. The number of anilines is 1. The summed E-state index contributed by atoms with van der Waals surface area (Å²) in [5, 5.41) is 3.79. The molecule has 1 aromatic heterocycles. The van der Waals surface area contributed by atoms with Crippen molar-refractivity contribution in [2.75, 3.05) is 5.32 Å². The van der Waals surface area contributed by atoms with Crippen molar-refractivity contribution in [3.8, 4) is 0 Å². The van der Waals surface area contributed by atoms with Crippen molar-refractivity contribution in [2.45, 2.75) is 17.9 Å². The summed E-state index contributed by atoms with van der Waals surface area (Å²) >= 11 is 0. The van der Waals surface area contributed by atoms with Crippen LogP contribution < -0.4 is 5.32 Å². The van der Waals surface area contributed by atoms with Gasteiger partial charge in [-0.3, -0.25) is 4.98 Å². The highest BCUT2D eigenvalue weighted by Gasteiger charge is 2.32. The van der Waals surface area contributed by atoms with E-state index in [4.69, 9.17) is 4.98 Å². The molecule has 4 rings (SSSR count). The summed E-state index contributed by atoms with van der Waals surface area (Å²) in [6.45, 7) is 4.21. The van der Waals surface area contributed by atoms with E-state index in [1.54, 1.807) is 0 Å². The standard InChI is InChI=1S/C28H26N2/c1-2-25(22-14-6-3-7-15-22)27(26-20-12-13-21-29-26)28(23-16-8-4-9-17-23)30-24-18-10-5-11-19-24/h2-21,25,27-28,30H,1H2. The summed E-state index contributed by atoms with van der Waals surface area (Å²) in [7, 11) is 0. The fourth-order valence-corrected chi connectivity index (χ4v) is 4.06. The first kappa shape index (κ1) is 19.7. The Balaban J connectivity index is 1.85. The van der Waals surface area contributed by atoms with E-state index >= 15 is 0 Å². The highest BCUT2D eigenvalue weighted by Crippen LogP contribution is 2.43. The highest BCUT2D eigenvalue weighted by molar-refractivity contribution is 5.47. The van der Waals surface area contributed by atoms with Gasteiger partial charge in [-0.2, -0.15) is 0 Å². The Morgan fingerprint density at radius 3 is 1.80 bits per heavy atom. The molecule has 3 unspecified atom stereocenters. The molecule has 0 bridgehead atoms. The third kappa shape index (κ3) is 4.49. The second-order valence-electron chi connectivity index (χ2n) is 7.35. The number of benzene rings is 3. The van der Waals surface area contributed by atoms with E-state index in [0.29, 0.717) is 0 Å². The first-order chi connectivity index (χ1) is 14.9. The van der Waals surface area contributed by atoms with Crippen molar-refractivity contribution in [1.29, 1.82) is 0 Å². The Bertz CT molecular complexity index is 1030. The number of para-hydroxylation sites is 1. The van der Waals surface area contributed by atoms with Gasteiger partial charge in [-0.15, -0.1) is 6.58 Å². The minimum atomic E-state index is 0.0201. The molecule has 148 valence electrons. The molecule has 1 heterocycles. The number of allylic oxidation sites excluding steroid dienone is 1. The number of nitrogens with zero attached hydrogens (tertiary/aromatic N) is 1. The maximum absolute atomic E-state index is 4.77.